The second-order valence-electron chi connectivity index (χ2n) is 11.0. The number of piperidine rings is 1. The lowest BCUT2D eigenvalue weighted by molar-refractivity contribution is -0.121. The maximum atomic E-state index is 15.0. The molecule has 3 N–H and O–H groups in total. The minimum absolute atomic E-state index is 0.106. The molecule has 2 fully saturated rings. The highest BCUT2D eigenvalue weighted by atomic mass is 19.1. The Kier molecular flexibility index (Phi) is 8.67. The fraction of sp³-hybridized carbons (Fsp3) is 0.517. The summed E-state index contributed by atoms with van der Waals surface area (Å²) < 4.78 is 35.0. The van der Waals surface area contributed by atoms with Gasteiger partial charge in [0.15, 0.2) is 0 Å². The van der Waals surface area contributed by atoms with Gasteiger partial charge >= 0.3 is 0 Å². The largest absolute Gasteiger partial charge is 0.493 e. The number of nitrogens with two attached hydrogens (primary N) is 1. The average molecular weight is 530 g/mol. The molecule has 38 heavy (non-hydrogen) atoms. The SMILES string of the molecule is CC(C)(F)CN1CCC(COc2ccc(-c3ccc(C(=O)N4CCC[C@H]4C(N)=O)c(F)c3)cc2CO)CC1. The Balaban J connectivity index is 1.40. The standard InChI is InChI=1S/C29H37F2N3O4/c1-29(2,31)18-33-12-9-19(10-13-33)17-38-26-8-6-20(14-22(26)16-35)21-5-7-23(24(30)15-21)28(37)34-11-3-4-25(34)27(32)36/h5-8,14-15,19,25,35H,3-4,9-13,16-18H2,1-2H3,(H2,32,36)/t25-/m0/s1. The summed E-state index contributed by atoms with van der Waals surface area (Å²) in [5, 5.41) is 9.95. The third-order valence-corrected chi connectivity index (χ3v) is 7.39. The number of hydrogen-bond acceptors (Lipinski definition) is 5. The fourth-order valence-electron chi connectivity index (χ4n) is 5.40. The molecule has 2 aliphatic heterocycles. The third-order valence-electron chi connectivity index (χ3n) is 7.39. The zero-order chi connectivity index (χ0) is 27.4. The van der Waals surface area contributed by atoms with Crippen LogP contribution in [-0.2, 0) is 11.4 Å². The zero-order valence-corrected chi connectivity index (χ0v) is 22.1. The summed E-state index contributed by atoms with van der Waals surface area (Å²) in [5.74, 6) is -0.894. The van der Waals surface area contributed by atoms with E-state index in [0.29, 0.717) is 60.9 Å². The second kappa shape index (κ2) is 11.8. The van der Waals surface area contributed by atoms with Crippen molar-refractivity contribution in [2.45, 2.75) is 57.8 Å². The first-order chi connectivity index (χ1) is 18.1. The average Bonchev–Trinajstić information content (AvgIpc) is 3.37. The molecule has 0 unspecified atom stereocenters. The van der Waals surface area contributed by atoms with Gasteiger partial charge in [-0.15, -0.1) is 0 Å². The summed E-state index contributed by atoms with van der Waals surface area (Å²) in [6, 6.07) is 8.95. The summed E-state index contributed by atoms with van der Waals surface area (Å²) in [4.78, 5) is 28.0. The van der Waals surface area contributed by atoms with E-state index in [2.05, 4.69) is 4.90 Å². The van der Waals surface area contributed by atoms with Crippen molar-refractivity contribution >= 4 is 11.8 Å². The van der Waals surface area contributed by atoms with E-state index in [1.807, 2.05) is 0 Å². The van der Waals surface area contributed by atoms with E-state index < -0.39 is 29.3 Å². The highest BCUT2D eigenvalue weighted by Crippen LogP contribution is 2.30. The lowest BCUT2D eigenvalue weighted by atomic mass is 9.96. The molecule has 0 saturated carbocycles. The molecule has 9 heteroatoms. The molecule has 2 aromatic carbocycles. The topological polar surface area (TPSA) is 96.1 Å². The van der Waals surface area contributed by atoms with Crippen molar-refractivity contribution in [2.75, 3.05) is 32.8 Å². The van der Waals surface area contributed by atoms with Crippen molar-refractivity contribution in [3.8, 4) is 16.9 Å². The van der Waals surface area contributed by atoms with Crippen LogP contribution in [0.15, 0.2) is 36.4 Å². The van der Waals surface area contributed by atoms with E-state index in [0.717, 1.165) is 25.9 Å². The number of amides is 2. The number of aliphatic hydroxyl groups is 1. The van der Waals surface area contributed by atoms with E-state index in [1.54, 1.807) is 38.1 Å². The normalized spacial score (nSPS) is 19.1. The molecule has 2 aromatic rings. The Bertz CT molecular complexity index is 1160. The van der Waals surface area contributed by atoms with Crippen LogP contribution in [0.1, 0.15) is 55.5 Å². The Labute approximate surface area is 222 Å². The molecule has 206 valence electrons. The molecule has 7 nitrogen and oxygen atoms in total. The second-order valence-corrected chi connectivity index (χ2v) is 11.0. The van der Waals surface area contributed by atoms with Gasteiger partial charge in [0.05, 0.1) is 18.8 Å². The minimum Gasteiger partial charge on any atom is -0.493 e. The molecule has 2 heterocycles. The highest BCUT2D eigenvalue weighted by Gasteiger charge is 2.34. The lowest BCUT2D eigenvalue weighted by Gasteiger charge is -2.34. The lowest BCUT2D eigenvalue weighted by Crippen LogP contribution is -2.43. The van der Waals surface area contributed by atoms with Crippen LogP contribution in [0.3, 0.4) is 0 Å². The van der Waals surface area contributed by atoms with Gasteiger partial charge < -0.3 is 25.4 Å². The van der Waals surface area contributed by atoms with Gasteiger partial charge in [-0.25, -0.2) is 8.78 Å². The summed E-state index contributed by atoms with van der Waals surface area (Å²) >= 11 is 0. The first kappa shape index (κ1) is 28.0. The Morgan fingerprint density at radius 1 is 1.08 bits per heavy atom. The molecular formula is C29H37F2N3O4. The molecule has 2 amide bonds. The summed E-state index contributed by atoms with van der Waals surface area (Å²) in [6.45, 7) is 5.92. The number of rotatable bonds is 9. The van der Waals surface area contributed by atoms with Gasteiger partial charge in [-0.3, -0.25) is 9.59 Å². The molecule has 0 spiro atoms. The number of halogens is 2. The van der Waals surface area contributed by atoms with Gasteiger partial charge in [-0.05, 0) is 93.9 Å². The van der Waals surface area contributed by atoms with Crippen LogP contribution in [0.4, 0.5) is 8.78 Å². The van der Waals surface area contributed by atoms with Crippen LogP contribution in [0.5, 0.6) is 5.75 Å². The molecular weight excluding hydrogens is 492 g/mol. The maximum Gasteiger partial charge on any atom is 0.257 e. The molecule has 2 saturated heterocycles. The number of carbonyl (C=O) groups excluding carboxylic acids is 2. The first-order valence-corrected chi connectivity index (χ1v) is 13.2. The quantitative estimate of drug-likeness (QED) is 0.514. The number of benzene rings is 2. The van der Waals surface area contributed by atoms with Crippen LogP contribution >= 0.6 is 0 Å². The van der Waals surface area contributed by atoms with Crippen molar-refractivity contribution in [3.05, 3.63) is 53.3 Å². The maximum absolute atomic E-state index is 15.0. The van der Waals surface area contributed by atoms with E-state index in [9.17, 15) is 19.1 Å². The number of nitrogens with zero attached hydrogens (tertiary/aromatic N) is 2. The van der Waals surface area contributed by atoms with Crippen LogP contribution in [-0.4, -0.2) is 71.2 Å². The number of likely N-dealkylation sites (tertiary alicyclic amines) is 2. The van der Waals surface area contributed by atoms with Gasteiger partial charge in [-0.2, -0.15) is 0 Å². The summed E-state index contributed by atoms with van der Waals surface area (Å²) in [5.41, 5.74) is 5.90. The van der Waals surface area contributed by atoms with Crippen molar-refractivity contribution < 1.29 is 28.2 Å². The van der Waals surface area contributed by atoms with Crippen molar-refractivity contribution in [2.24, 2.45) is 11.7 Å². The number of hydrogen-bond donors (Lipinski definition) is 2. The Morgan fingerprint density at radius 3 is 2.39 bits per heavy atom. The zero-order valence-electron chi connectivity index (χ0n) is 22.1. The fourth-order valence-corrected chi connectivity index (χ4v) is 5.40. The van der Waals surface area contributed by atoms with Crippen LogP contribution in [0.25, 0.3) is 11.1 Å². The number of primary amides is 1. The van der Waals surface area contributed by atoms with Crippen molar-refractivity contribution in [1.82, 2.24) is 9.80 Å². The smallest absolute Gasteiger partial charge is 0.257 e. The Morgan fingerprint density at radius 2 is 1.76 bits per heavy atom. The van der Waals surface area contributed by atoms with Gasteiger partial charge in [0.1, 0.15) is 23.3 Å². The van der Waals surface area contributed by atoms with Gasteiger partial charge in [-0.1, -0.05) is 12.1 Å². The molecule has 4 rings (SSSR count). The predicted molar refractivity (Wildman–Crippen MR) is 141 cm³/mol. The Hall–Kier alpha value is -3.04. The minimum atomic E-state index is -1.21. The number of aliphatic hydroxyl groups excluding tert-OH is 1. The monoisotopic (exact) mass is 529 g/mol. The van der Waals surface area contributed by atoms with Crippen LogP contribution in [0.2, 0.25) is 0 Å². The van der Waals surface area contributed by atoms with E-state index in [1.165, 1.54) is 17.0 Å². The molecule has 0 aromatic heterocycles. The molecule has 0 aliphatic carbocycles. The van der Waals surface area contributed by atoms with Crippen molar-refractivity contribution in [3.63, 3.8) is 0 Å². The van der Waals surface area contributed by atoms with E-state index >= 15 is 4.39 Å². The van der Waals surface area contributed by atoms with E-state index in [4.69, 9.17) is 10.5 Å². The third kappa shape index (κ3) is 6.69. The van der Waals surface area contributed by atoms with Gasteiger partial charge in [0.2, 0.25) is 5.91 Å². The van der Waals surface area contributed by atoms with Gasteiger partial charge in [0, 0.05) is 18.7 Å². The van der Waals surface area contributed by atoms with E-state index in [-0.39, 0.29) is 12.2 Å². The molecule has 0 bridgehead atoms. The molecule has 0 radical (unpaired) electrons. The van der Waals surface area contributed by atoms with Gasteiger partial charge in [0.25, 0.3) is 5.91 Å². The van der Waals surface area contributed by atoms with Crippen LogP contribution in [0, 0.1) is 11.7 Å². The number of alkyl halides is 1. The first-order valence-electron chi connectivity index (χ1n) is 13.2. The highest BCUT2D eigenvalue weighted by molar-refractivity contribution is 5.98. The summed E-state index contributed by atoms with van der Waals surface area (Å²) in [7, 11) is 0. The molecule has 2 aliphatic rings. The number of ether oxygens (including phenoxy) is 1. The number of carbonyl (C=O) groups is 2. The van der Waals surface area contributed by atoms with Crippen LogP contribution < -0.4 is 10.5 Å². The predicted octanol–water partition coefficient (Wildman–Crippen LogP) is 3.91. The molecule has 1 atom stereocenters. The summed E-state index contributed by atoms with van der Waals surface area (Å²) in [6.07, 6.45) is 2.97. The van der Waals surface area contributed by atoms with Crippen molar-refractivity contribution in [1.29, 1.82) is 0 Å².